The Morgan fingerprint density at radius 2 is 2.03 bits per heavy atom. The van der Waals surface area contributed by atoms with Gasteiger partial charge in [-0.05, 0) is 50.8 Å². The molecule has 1 aromatic carbocycles. The number of rotatable bonds is 4. The molecule has 0 radical (unpaired) electrons. The van der Waals surface area contributed by atoms with Gasteiger partial charge in [-0.25, -0.2) is 15.0 Å². The van der Waals surface area contributed by atoms with Crippen LogP contribution < -0.4 is 4.90 Å². The molecule has 0 aliphatic carbocycles. The van der Waals surface area contributed by atoms with Gasteiger partial charge in [0.2, 0.25) is 5.91 Å². The van der Waals surface area contributed by atoms with Crippen molar-refractivity contribution in [1.29, 1.82) is 0 Å². The fraction of sp³-hybridized carbons (Fsp3) is 0.458. The van der Waals surface area contributed by atoms with E-state index in [9.17, 15) is 9.59 Å². The van der Waals surface area contributed by atoms with Crippen molar-refractivity contribution in [1.82, 2.24) is 19.9 Å². The number of hydrogen-bond acceptors (Lipinski definition) is 6. The summed E-state index contributed by atoms with van der Waals surface area (Å²) in [6, 6.07) is 5.54. The van der Waals surface area contributed by atoms with Crippen molar-refractivity contribution in [2.45, 2.75) is 53.0 Å². The Labute approximate surface area is 191 Å². The van der Waals surface area contributed by atoms with Crippen molar-refractivity contribution in [2.75, 3.05) is 18.0 Å². The third-order valence-corrected chi connectivity index (χ3v) is 7.13. The molecule has 0 bridgehead atoms. The molecule has 2 aliphatic rings. The molecule has 32 heavy (non-hydrogen) atoms. The predicted octanol–water partition coefficient (Wildman–Crippen LogP) is 4.23. The number of fused-ring (bicyclic) bond motifs is 2. The van der Waals surface area contributed by atoms with Crippen molar-refractivity contribution in [3.05, 3.63) is 45.9 Å². The molecule has 166 valence electrons. The average Bonchev–Trinajstić information content (AvgIpc) is 3.44. The van der Waals surface area contributed by atoms with Gasteiger partial charge in [-0.15, -0.1) is 11.3 Å². The van der Waals surface area contributed by atoms with Crippen molar-refractivity contribution in [3.63, 3.8) is 0 Å². The molecule has 1 fully saturated rings. The number of hydrogen-bond donors (Lipinski definition) is 0. The number of carbonyl (C=O) groups excluding carboxylic acids is 2. The van der Waals surface area contributed by atoms with Gasteiger partial charge in [0, 0.05) is 29.9 Å². The molecule has 0 spiro atoms. The maximum absolute atomic E-state index is 13.5. The first-order valence-corrected chi connectivity index (χ1v) is 12.0. The highest BCUT2D eigenvalue weighted by atomic mass is 32.1. The molecular weight excluding hydrogens is 422 g/mol. The summed E-state index contributed by atoms with van der Waals surface area (Å²) in [6.45, 7) is 9.43. The topological polar surface area (TPSA) is 79.3 Å². The lowest BCUT2D eigenvalue weighted by atomic mass is 10.1. The van der Waals surface area contributed by atoms with E-state index >= 15 is 0 Å². The third kappa shape index (κ3) is 3.56. The summed E-state index contributed by atoms with van der Waals surface area (Å²) in [7, 11) is 0. The number of nitrogens with zero attached hydrogens (tertiary/aromatic N) is 5. The van der Waals surface area contributed by atoms with E-state index < -0.39 is 0 Å². The second-order valence-corrected chi connectivity index (χ2v) is 10.4. The molecule has 4 heterocycles. The minimum atomic E-state index is -0.179. The van der Waals surface area contributed by atoms with Crippen LogP contribution in [0.5, 0.6) is 0 Å². The standard InChI is InChI=1S/C24H27N5O2S/c1-13(2)12-29-21(30)11-17-14(3)25-22(27-23(17)29)19-6-5-9-28(19)24(31)16-7-8-18-20(10-16)32-15(4)26-18/h7-8,10,13,19H,5-6,9,11-12H2,1-4H3. The number of carbonyl (C=O) groups is 2. The summed E-state index contributed by atoms with van der Waals surface area (Å²) < 4.78 is 1.02. The van der Waals surface area contributed by atoms with E-state index in [1.165, 1.54) is 0 Å². The first-order chi connectivity index (χ1) is 15.3. The molecule has 8 heteroatoms. The van der Waals surface area contributed by atoms with Gasteiger partial charge in [0.15, 0.2) is 5.82 Å². The van der Waals surface area contributed by atoms with Crippen molar-refractivity contribution < 1.29 is 9.59 Å². The van der Waals surface area contributed by atoms with E-state index in [0.717, 1.165) is 45.1 Å². The smallest absolute Gasteiger partial charge is 0.254 e. The Morgan fingerprint density at radius 3 is 2.81 bits per heavy atom. The van der Waals surface area contributed by atoms with Gasteiger partial charge in [0.05, 0.1) is 27.7 Å². The number of likely N-dealkylation sites (tertiary alicyclic amines) is 1. The van der Waals surface area contributed by atoms with Gasteiger partial charge >= 0.3 is 0 Å². The maximum atomic E-state index is 13.5. The summed E-state index contributed by atoms with van der Waals surface area (Å²) in [4.78, 5) is 43.8. The van der Waals surface area contributed by atoms with Crippen LogP contribution in [0.4, 0.5) is 5.82 Å². The van der Waals surface area contributed by atoms with Gasteiger partial charge in [-0.1, -0.05) is 13.8 Å². The van der Waals surface area contributed by atoms with Crippen LogP contribution in [0.25, 0.3) is 10.2 Å². The molecule has 2 amide bonds. The molecule has 0 saturated carbocycles. The molecule has 0 N–H and O–H groups in total. The monoisotopic (exact) mass is 449 g/mol. The van der Waals surface area contributed by atoms with Gasteiger partial charge in [0.25, 0.3) is 5.91 Å². The molecule has 1 saturated heterocycles. The average molecular weight is 450 g/mol. The van der Waals surface area contributed by atoms with E-state index in [2.05, 4.69) is 18.8 Å². The number of aryl methyl sites for hydroxylation is 2. The highest BCUT2D eigenvalue weighted by Gasteiger charge is 2.36. The van der Waals surface area contributed by atoms with Crippen molar-refractivity contribution in [3.8, 4) is 0 Å². The zero-order valence-electron chi connectivity index (χ0n) is 18.9. The van der Waals surface area contributed by atoms with Crippen LogP contribution in [0.2, 0.25) is 0 Å². The number of aromatic nitrogens is 3. The fourth-order valence-electron chi connectivity index (χ4n) is 4.72. The largest absolute Gasteiger partial charge is 0.328 e. The van der Waals surface area contributed by atoms with Crippen LogP contribution >= 0.6 is 11.3 Å². The van der Waals surface area contributed by atoms with E-state index in [-0.39, 0.29) is 17.9 Å². The Kier molecular flexibility index (Phi) is 5.20. The minimum absolute atomic E-state index is 0.00248. The van der Waals surface area contributed by atoms with Crippen LogP contribution in [0.15, 0.2) is 18.2 Å². The van der Waals surface area contributed by atoms with E-state index in [1.54, 1.807) is 16.2 Å². The normalized spacial score (nSPS) is 18.3. The first-order valence-electron chi connectivity index (χ1n) is 11.2. The lowest BCUT2D eigenvalue weighted by Crippen LogP contribution is -2.33. The lowest BCUT2D eigenvalue weighted by molar-refractivity contribution is -0.117. The number of thiazole rings is 1. The zero-order valence-corrected chi connectivity index (χ0v) is 19.7. The van der Waals surface area contributed by atoms with Crippen LogP contribution in [0.3, 0.4) is 0 Å². The minimum Gasteiger partial charge on any atom is -0.328 e. The van der Waals surface area contributed by atoms with Gasteiger partial charge < -0.3 is 4.90 Å². The van der Waals surface area contributed by atoms with Gasteiger partial charge in [-0.3, -0.25) is 14.5 Å². The second-order valence-electron chi connectivity index (χ2n) is 9.12. The number of benzene rings is 1. The first kappa shape index (κ1) is 21.0. The Balaban J connectivity index is 1.48. The molecule has 2 aliphatic heterocycles. The number of anilines is 1. The Morgan fingerprint density at radius 1 is 1.22 bits per heavy atom. The third-order valence-electron chi connectivity index (χ3n) is 6.20. The van der Waals surface area contributed by atoms with E-state index in [1.807, 2.05) is 36.9 Å². The highest BCUT2D eigenvalue weighted by molar-refractivity contribution is 7.18. The van der Waals surface area contributed by atoms with E-state index in [4.69, 9.17) is 9.97 Å². The molecule has 2 aromatic heterocycles. The molecule has 1 unspecified atom stereocenters. The zero-order chi connectivity index (χ0) is 22.6. The summed E-state index contributed by atoms with van der Waals surface area (Å²) in [5, 5.41) is 0.992. The molecule has 1 atom stereocenters. The summed E-state index contributed by atoms with van der Waals surface area (Å²) in [6.07, 6.45) is 2.09. The number of amides is 2. The second kappa shape index (κ2) is 7.92. The molecular formula is C24H27N5O2S. The van der Waals surface area contributed by atoms with Crippen LogP contribution in [-0.4, -0.2) is 44.8 Å². The highest BCUT2D eigenvalue weighted by Crippen LogP contribution is 2.36. The molecule has 7 nitrogen and oxygen atoms in total. The SMILES string of the molecule is Cc1nc2ccc(C(=O)N3CCCC3c3nc(C)c4c(n3)N(CC(C)C)C(=O)C4)cc2s1. The summed E-state index contributed by atoms with van der Waals surface area (Å²) >= 11 is 1.60. The summed E-state index contributed by atoms with van der Waals surface area (Å²) in [5.41, 5.74) is 3.35. The van der Waals surface area contributed by atoms with Gasteiger partial charge in [-0.2, -0.15) is 0 Å². The summed E-state index contributed by atoms with van der Waals surface area (Å²) in [5.74, 6) is 1.80. The van der Waals surface area contributed by atoms with Crippen LogP contribution in [0, 0.1) is 19.8 Å². The molecule has 5 rings (SSSR count). The van der Waals surface area contributed by atoms with Gasteiger partial charge in [0.1, 0.15) is 5.82 Å². The Hall–Kier alpha value is -2.87. The van der Waals surface area contributed by atoms with Crippen LogP contribution in [-0.2, 0) is 11.2 Å². The van der Waals surface area contributed by atoms with Crippen LogP contribution in [0.1, 0.15) is 65.2 Å². The lowest BCUT2D eigenvalue weighted by Gasteiger charge is -2.25. The Bertz CT molecular complexity index is 1230. The van der Waals surface area contributed by atoms with E-state index in [0.29, 0.717) is 36.8 Å². The predicted molar refractivity (Wildman–Crippen MR) is 125 cm³/mol. The quantitative estimate of drug-likeness (QED) is 0.596. The maximum Gasteiger partial charge on any atom is 0.254 e. The van der Waals surface area contributed by atoms with Crippen molar-refractivity contribution in [2.24, 2.45) is 5.92 Å². The fourth-order valence-corrected chi connectivity index (χ4v) is 5.58. The van der Waals surface area contributed by atoms with Crippen molar-refractivity contribution >= 4 is 39.2 Å². The molecule has 3 aromatic rings.